The number of aromatic nitrogens is 3. The lowest BCUT2D eigenvalue weighted by molar-refractivity contribution is 0.760. The molecule has 1 aromatic carbocycles. The number of rotatable bonds is 3. The Bertz CT molecular complexity index is 483. The van der Waals surface area contributed by atoms with Crippen LogP contribution in [-0.2, 0) is 11.8 Å². The third kappa shape index (κ3) is 1.35. The second-order valence-electron chi connectivity index (χ2n) is 4.41. The Morgan fingerprint density at radius 1 is 1.25 bits per heavy atom. The standard InChI is InChI=1S/C13H15N3/c1-2-11-14-12(16-15-11)13(8-9-13)10-6-4-3-5-7-10/h3-7H,2,8-9H2,1H3,(H,14,15,16). The molecule has 1 N–H and O–H groups in total. The van der Waals surface area contributed by atoms with Crippen molar-refractivity contribution in [3.05, 3.63) is 47.5 Å². The summed E-state index contributed by atoms with van der Waals surface area (Å²) in [6.45, 7) is 2.09. The minimum Gasteiger partial charge on any atom is -0.263 e. The first-order valence-electron chi connectivity index (χ1n) is 5.82. The molecule has 1 aliphatic carbocycles. The van der Waals surface area contributed by atoms with Gasteiger partial charge in [0.25, 0.3) is 0 Å². The molecule has 82 valence electrons. The van der Waals surface area contributed by atoms with E-state index in [4.69, 9.17) is 0 Å². The van der Waals surface area contributed by atoms with Gasteiger partial charge in [-0.25, -0.2) is 4.98 Å². The molecule has 0 radical (unpaired) electrons. The predicted octanol–water partition coefficient (Wildman–Crippen LogP) is 2.45. The average molecular weight is 213 g/mol. The summed E-state index contributed by atoms with van der Waals surface area (Å²) in [6, 6.07) is 10.6. The zero-order valence-corrected chi connectivity index (χ0v) is 9.40. The number of nitrogens with one attached hydrogen (secondary N) is 1. The van der Waals surface area contributed by atoms with Crippen molar-refractivity contribution in [2.45, 2.75) is 31.6 Å². The van der Waals surface area contributed by atoms with Gasteiger partial charge in [-0.3, -0.25) is 5.10 Å². The lowest BCUT2D eigenvalue weighted by atomic mass is 9.95. The molecule has 3 rings (SSSR count). The quantitative estimate of drug-likeness (QED) is 0.850. The van der Waals surface area contributed by atoms with E-state index in [1.165, 1.54) is 5.56 Å². The Hall–Kier alpha value is -1.64. The highest BCUT2D eigenvalue weighted by Crippen LogP contribution is 2.51. The topological polar surface area (TPSA) is 41.6 Å². The van der Waals surface area contributed by atoms with E-state index >= 15 is 0 Å². The van der Waals surface area contributed by atoms with Crippen molar-refractivity contribution < 1.29 is 0 Å². The number of aryl methyl sites for hydroxylation is 1. The molecule has 1 saturated carbocycles. The molecular weight excluding hydrogens is 198 g/mol. The van der Waals surface area contributed by atoms with E-state index < -0.39 is 0 Å². The molecule has 1 aromatic heterocycles. The van der Waals surface area contributed by atoms with Gasteiger partial charge >= 0.3 is 0 Å². The zero-order chi connectivity index (χ0) is 11.0. The maximum Gasteiger partial charge on any atom is 0.161 e. The first kappa shape index (κ1) is 9.58. The molecule has 0 spiro atoms. The van der Waals surface area contributed by atoms with Gasteiger partial charge < -0.3 is 0 Å². The molecule has 0 bridgehead atoms. The van der Waals surface area contributed by atoms with Crippen LogP contribution in [0.5, 0.6) is 0 Å². The Kier molecular flexibility index (Phi) is 2.06. The maximum absolute atomic E-state index is 4.57. The first-order valence-corrected chi connectivity index (χ1v) is 5.82. The van der Waals surface area contributed by atoms with Crippen LogP contribution in [0.1, 0.15) is 37.0 Å². The van der Waals surface area contributed by atoms with Crippen LogP contribution in [0.3, 0.4) is 0 Å². The summed E-state index contributed by atoms with van der Waals surface area (Å²) in [7, 11) is 0. The van der Waals surface area contributed by atoms with Crippen LogP contribution in [0.4, 0.5) is 0 Å². The van der Waals surface area contributed by atoms with Crippen LogP contribution in [0, 0.1) is 0 Å². The highest BCUT2D eigenvalue weighted by molar-refractivity contribution is 5.38. The van der Waals surface area contributed by atoms with Crippen LogP contribution >= 0.6 is 0 Å². The van der Waals surface area contributed by atoms with Gasteiger partial charge in [0.15, 0.2) is 5.82 Å². The third-order valence-corrected chi connectivity index (χ3v) is 3.37. The monoisotopic (exact) mass is 213 g/mol. The summed E-state index contributed by atoms with van der Waals surface area (Å²) in [5.74, 6) is 1.95. The highest BCUT2D eigenvalue weighted by Gasteiger charge is 2.49. The molecule has 16 heavy (non-hydrogen) atoms. The van der Waals surface area contributed by atoms with Gasteiger partial charge in [-0.2, -0.15) is 5.10 Å². The van der Waals surface area contributed by atoms with Crippen molar-refractivity contribution in [2.75, 3.05) is 0 Å². The van der Waals surface area contributed by atoms with Crippen LogP contribution in [0.2, 0.25) is 0 Å². The molecule has 2 aromatic rings. The Morgan fingerprint density at radius 3 is 2.56 bits per heavy atom. The largest absolute Gasteiger partial charge is 0.263 e. The number of H-pyrrole nitrogens is 1. The molecule has 1 heterocycles. The van der Waals surface area contributed by atoms with Crippen LogP contribution in [-0.4, -0.2) is 15.2 Å². The van der Waals surface area contributed by atoms with Crippen LogP contribution in [0.25, 0.3) is 0 Å². The zero-order valence-electron chi connectivity index (χ0n) is 9.40. The molecule has 0 aliphatic heterocycles. The summed E-state index contributed by atoms with van der Waals surface area (Å²) < 4.78 is 0. The number of hydrogen-bond donors (Lipinski definition) is 1. The highest BCUT2D eigenvalue weighted by atomic mass is 15.2. The lowest BCUT2D eigenvalue weighted by Gasteiger charge is -2.10. The second kappa shape index (κ2) is 3.44. The Labute approximate surface area is 94.9 Å². The van der Waals surface area contributed by atoms with Gasteiger partial charge in [0, 0.05) is 6.42 Å². The SMILES string of the molecule is CCc1nc(C2(c3ccccc3)CC2)n[nH]1. The van der Waals surface area contributed by atoms with Crippen molar-refractivity contribution in [1.29, 1.82) is 0 Å². The Balaban J connectivity index is 2.00. The predicted molar refractivity (Wildman–Crippen MR) is 62.2 cm³/mol. The van der Waals surface area contributed by atoms with E-state index in [1.807, 2.05) is 0 Å². The second-order valence-corrected chi connectivity index (χ2v) is 4.41. The number of benzene rings is 1. The molecule has 0 atom stereocenters. The molecule has 3 nitrogen and oxygen atoms in total. The van der Waals surface area contributed by atoms with E-state index in [2.05, 4.69) is 52.4 Å². The maximum atomic E-state index is 4.57. The molecule has 0 unspecified atom stereocenters. The fourth-order valence-electron chi connectivity index (χ4n) is 2.19. The summed E-state index contributed by atoms with van der Waals surface area (Å²) in [5.41, 5.74) is 1.45. The van der Waals surface area contributed by atoms with E-state index in [9.17, 15) is 0 Å². The van der Waals surface area contributed by atoms with Crippen molar-refractivity contribution in [3.8, 4) is 0 Å². The van der Waals surface area contributed by atoms with E-state index in [1.54, 1.807) is 0 Å². The normalized spacial score (nSPS) is 17.3. The van der Waals surface area contributed by atoms with Crippen LogP contribution in [0.15, 0.2) is 30.3 Å². The number of hydrogen-bond acceptors (Lipinski definition) is 2. The summed E-state index contributed by atoms with van der Waals surface area (Å²) >= 11 is 0. The molecule has 3 heteroatoms. The molecular formula is C13H15N3. The van der Waals surface area contributed by atoms with Crippen molar-refractivity contribution in [1.82, 2.24) is 15.2 Å². The smallest absolute Gasteiger partial charge is 0.161 e. The van der Waals surface area contributed by atoms with Gasteiger partial charge in [0.2, 0.25) is 0 Å². The fraction of sp³-hybridized carbons (Fsp3) is 0.385. The van der Waals surface area contributed by atoms with Crippen molar-refractivity contribution in [2.24, 2.45) is 0 Å². The third-order valence-electron chi connectivity index (χ3n) is 3.37. The molecule has 0 saturated heterocycles. The van der Waals surface area contributed by atoms with E-state index in [0.717, 1.165) is 30.9 Å². The first-order chi connectivity index (χ1) is 7.85. The number of aromatic amines is 1. The molecule has 1 aliphatic rings. The Morgan fingerprint density at radius 2 is 2.00 bits per heavy atom. The minimum atomic E-state index is 0.102. The van der Waals surface area contributed by atoms with Gasteiger partial charge in [0.05, 0.1) is 5.41 Å². The van der Waals surface area contributed by atoms with Gasteiger partial charge in [-0.05, 0) is 18.4 Å². The summed E-state index contributed by atoms with van der Waals surface area (Å²) in [4.78, 5) is 4.57. The molecule has 1 fully saturated rings. The number of nitrogens with zero attached hydrogens (tertiary/aromatic N) is 2. The summed E-state index contributed by atoms with van der Waals surface area (Å²) in [6.07, 6.45) is 3.24. The van der Waals surface area contributed by atoms with Gasteiger partial charge in [0.1, 0.15) is 5.82 Å². The van der Waals surface area contributed by atoms with E-state index in [-0.39, 0.29) is 5.41 Å². The minimum absolute atomic E-state index is 0.102. The van der Waals surface area contributed by atoms with Gasteiger partial charge in [-0.1, -0.05) is 37.3 Å². The van der Waals surface area contributed by atoms with Crippen molar-refractivity contribution >= 4 is 0 Å². The average Bonchev–Trinajstić information content (AvgIpc) is 3.02. The van der Waals surface area contributed by atoms with Crippen molar-refractivity contribution in [3.63, 3.8) is 0 Å². The fourth-order valence-corrected chi connectivity index (χ4v) is 2.19. The summed E-state index contributed by atoms with van der Waals surface area (Å²) in [5, 5.41) is 7.37. The van der Waals surface area contributed by atoms with Crippen LogP contribution < -0.4 is 0 Å². The van der Waals surface area contributed by atoms with E-state index in [0.29, 0.717) is 0 Å². The lowest BCUT2D eigenvalue weighted by Crippen LogP contribution is -2.10. The van der Waals surface area contributed by atoms with Gasteiger partial charge in [-0.15, -0.1) is 0 Å². The molecule has 0 amide bonds.